The van der Waals surface area contributed by atoms with E-state index in [1.807, 2.05) is 6.07 Å². The lowest BCUT2D eigenvalue weighted by atomic mass is 9.99. The molecule has 0 unspecified atom stereocenters. The molecule has 1 aliphatic heterocycles. The smallest absolute Gasteiger partial charge is 0.136 e. The topological polar surface area (TPSA) is 42.1 Å². The summed E-state index contributed by atoms with van der Waals surface area (Å²) >= 11 is 0. The van der Waals surface area contributed by atoms with Crippen LogP contribution in [0, 0.1) is 0 Å². The van der Waals surface area contributed by atoms with Gasteiger partial charge in [-0.2, -0.15) is 0 Å². The first-order valence-electron chi connectivity index (χ1n) is 7.76. The number of nitrogens with two attached hydrogens (primary N) is 1. The van der Waals surface area contributed by atoms with Crippen molar-refractivity contribution in [1.29, 1.82) is 0 Å². The maximum atomic E-state index is 6.06. The number of anilines is 2. The molecule has 3 heteroatoms. The van der Waals surface area contributed by atoms with Crippen molar-refractivity contribution in [3.8, 4) is 0 Å². The van der Waals surface area contributed by atoms with E-state index in [1.165, 1.54) is 12.0 Å². The summed E-state index contributed by atoms with van der Waals surface area (Å²) in [6.45, 7) is 2.06. The summed E-state index contributed by atoms with van der Waals surface area (Å²) < 4.78 is 0. The van der Waals surface area contributed by atoms with Gasteiger partial charge in [0.1, 0.15) is 5.82 Å². The molecule has 0 spiro atoms. The number of hydrogen-bond acceptors (Lipinski definition) is 3. The highest BCUT2D eigenvalue weighted by atomic mass is 15.2. The van der Waals surface area contributed by atoms with Crippen molar-refractivity contribution in [1.82, 2.24) is 4.98 Å². The minimum atomic E-state index is 0.583. The molecule has 1 atom stereocenters. The molecule has 4 rings (SSSR count). The second-order valence-corrected chi connectivity index (χ2v) is 5.93. The number of hydrogen-bond donors (Lipinski definition) is 1. The Morgan fingerprint density at radius 3 is 2.50 bits per heavy atom. The summed E-state index contributed by atoms with van der Waals surface area (Å²) in [7, 11) is 0. The van der Waals surface area contributed by atoms with Crippen LogP contribution >= 0.6 is 0 Å². The number of nitrogen functional groups attached to an aromatic ring is 1. The maximum Gasteiger partial charge on any atom is 0.136 e. The normalized spacial score (nSPS) is 18.0. The molecule has 3 aromatic rings. The molecule has 2 aromatic carbocycles. The summed E-state index contributed by atoms with van der Waals surface area (Å²) in [6.07, 6.45) is 2.96. The van der Waals surface area contributed by atoms with Gasteiger partial charge in [-0.15, -0.1) is 0 Å². The SMILES string of the molecule is Nc1cnc(N2CC[C@H](c3ccccc3)C2)c2ccccc12. The van der Waals surface area contributed by atoms with Crippen LogP contribution in [0.15, 0.2) is 60.8 Å². The Morgan fingerprint density at radius 1 is 0.955 bits per heavy atom. The Bertz CT molecular complexity index is 798. The van der Waals surface area contributed by atoms with E-state index in [4.69, 9.17) is 5.73 Å². The Kier molecular flexibility index (Phi) is 3.19. The van der Waals surface area contributed by atoms with Gasteiger partial charge in [-0.25, -0.2) is 4.98 Å². The zero-order chi connectivity index (χ0) is 14.9. The van der Waals surface area contributed by atoms with Gasteiger partial charge in [0.25, 0.3) is 0 Å². The quantitative estimate of drug-likeness (QED) is 0.780. The van der Waals surface area contributed by atoms with Crippen LogP contribution in [0.1, 0.15) is 17.9 Å². The number of nitrogens with zero attached hydrogens (tertiary/aromatic N) is 2. The summed E-state index contributed by atoms with van der Waals surface area (Å²) in [6, 6.07) is 19.0. The Labute approximate surface area is 130 Å². The molecule has 0 aliphatic carbocycles. The van der Waals surface area contributed by atoms with Gasteiger partial charge < -0.3 is 10.6 Å². The van der Waals surface area contributed by atoms with Gasteiger partial charge in [-0.1, -0.05) is 54.6 Å². The molecule has 1 fully saturated rings. The van der Waals surface area contributed by atoms with Crippen molar-refractivity contribution in [3.63, 3.8) is 0 Å². The van der Waals surface area contributed by atoms with Crippen LogP contribution < -0.4 is 10.6 Å². The van der Waals surface area contributed by atoms with Crippen molar-refractivity contribution >= 4 is 22.3 Å². The molecule has 1 saturated heterocycles. The number of benzene rings is 2. The first kappa shape index (κ1) is 13.1. The van der Waals surface area contributed by atoms with E-state index in [2.05, 4.69) is 58.4 Å². The van der Waals surface area contributed by atoms with Crippen LogP contribution in [0.4, 0.5) is 11.5 Å². The highest BCUT2D eigenvalue weighted by molar-refractivity contribution is 5.99. The predicted molar refractivity (Wildman–Crippen MR) is 92.2 cm³/mol. The second kappa shape index (κ2) is 5.34. The molecule has 0 saturated carbocycles. The monoisotopic (exact) mass is 289 g/mol. The molecule has 1 aromatic heterocycles. The zero-order valence-electron chi connectivity index (χ0n) is 12.4. The van der Waals surface area contributed by atoms with Crippen LogP contribution in [-0.4, -0.2) is 18.1 Å². The van der Waals surface area contributed by atoms with Crippen LogP contribution in [0.5, 0.6) is 0 Å². The van der Waals surface area contributed by atoms with Crippen LogP contribution in [-0.2, 0) is 0 Å². The largest absolute Gasteiger partial charge is 0.397 e. The fourth-order valence-electron chi connectivity index (χ4n) is 3.40. The third-order valence-corrected chi connectivity index (χ3v) is 4.56. The van der Waals surface area contributed by atoms with E-state index in [-0.39, 0.29) is 0 Å². The number of fused-ring (bicyclic) bond motifs is 1. The van der Waals surface area contributed by atoms with Crippen molar-refractivity contribution in [2.24, 2.45) is 0 Å². The van der Waals surface area contributed by atoms with E-state index in [0.717, 1.165) is 35.4 Å². The Hall–Kier alpha value is -2.55. The van der Waals surface area contributed by atoms with Gasteiger partial charge in [-0.3, -0.25) is 0 Å². The van der Waals surface area contributed by atoms with Gasteiger partial charge in [0.05, 0.1) is 11.9 Å². The first-order chi connectivity index (χ1) is 10.8. The summed E-state index contributed by atoms with van der Waals surface area (Å²) in [4.78, 5) is 7.01. The highest BCUT2D eigenvalue weighted by Crippen LogP contribution is 2.34. The highest BCUT2D eigenvalue weighted by Gasteiger charge is 2.25. The predicted octanol–water partition coefficient (Wildman–Crippen LogP) is 3.81. The molecular formula is C19H19N3. The molecule has 3 nitrogen and oxygen atoms in total. The van der Waals surface area contributed by atoms with E-state index in [0.29, 0.717) is 5.92 Å². The van der Waals surface area contributed by atoms with Crippen molar-refractivity contribution in [2.45, 2.75) is 12.3 Å². The molecule has 0 amide bonds. The van der Waals surface area contributed by atoms with Crippen LogP contribution in [0.25, 0.3) is 10.8 Å². The minimum absolute atomic E-state index is 0.583. The van der Waals surface area contributed by atoms with E-state index in [9.17, 15) is 0 Å². The van der Waals surface area contributed by atoms with Crippen LogP contribution in [0.2, 0.25) is 0 Å². The molecule has 2 N–H and O–H groups in total. The lowest BCUT2D eigenvalue weighted by Gasteiger charge is -2.20. The molecule has 22 heavy (non-hydrogen) atoms. The standard InChI is InChI=1S/C19H19N3/c20-18-12-21-19(17-9-5-4-8-16(17)18)22-11-10-15(13-22)14-6-2-1-3-7-14/h1-9,12,15H,10-11,13,20H2/t15-/m0/s1. The average molecular weight is 289 g/mol. The number of pyridine rings is 1. The second-order valence-electron chi connectivity index (χ2n) is 5.93. The number of rotatable bonds is 2. The Balaban J connectivity index is 1.68. The van der Waals surface area contributed by atoms with Gasteiger partial charge in [0.15, 0.2) is 0 Å². The minimum Gasteiger partial charge on any atom is -0.397 e. The van der Waals surface area contributed by atoms with E-state index >= 15 is 0 Å². The lowest BCUT2D eigenvalue weighted by molar-refractivity contribution is 0.774. The first-order valence-corrected chi connectivity index (χ1v) is 7.76. The Morgan fingerprint density at radius 2 is 1.68 bits per heavy atom. The molecular weight excluding hydrogens is 270 g/mol. The molecule has 0 radical (unpaired) electrons. The van der Waals surface area contributed by atoms with Crippen molar-refractivity contribution in [2.75, 3.05) is 23.7 Å². The van der Waals surface area contributed by atoms with Crippen molar-refractivity contribution in [3.05, 3.63) is 66.4 Å². The lowest BCUT2D eigenvalue weighted by Crippen LogP contribution is -2.20. The maximum absolute atomic E-state index is 6.06. The molecule has 1 aliphatic rings. The molecule has 110 valence electrons. The van der Waals surface area contributed by atoms with Crippen molar-refractivity contribution < 1.29 is 0 Å². The summed E-state index contributed by atoms with van der Waals surface area (Å²) in [5, 5.41) is 2.24. The van der Waals surface area contributed by atoms with Crippen LogP contribution in [0.3, 0.4) is 0 Å². The van der Waals surface area contributed by atoms with Gasteiger partial charge in [0, 0.05) is 29.8 Å². The number of aromatic nitrogens is 1. The molecule has 2 heterocycles. The van der Waals surface area contributed by atoms with E-state index in [1.54, 1.807) is 6.20 Å². The molecule has 0 bridgehead atoms. The summed E-state index contributed by atoms with van der Waals surface area (Å²) in [5.74, 6) is 1.64. The van der Waals surface area contributed by atoms with E-state index < -0.39 is 0 Å². The zero-order valence-corrected chi connectivity index (χ0v) is 12.4. The fourth-order valence-corrected chi connectivity index (χ4v) is 3.40. The average Bonchev–Trinajstić information content (AvgIpc) is 3.06. The van der Waals surface area contributed by atoms with Gasteiger partial charge >= 0.3 is 0 Å². The fraction of sp³-hybridized carbons (Fsp3) is 0.211. The summed E-state index contributed by atoms with van der Waals surface area (Å²) in [5.41, 5.74) is 8.23. The van der Waals surface area contributed by atoms with Gasteiger partial charge in [-0.05, 0) is 12.0 Å². The van der Waals surface area contributed by atoms with Gasteiger partial charge in [0.2, 0.25) is 0 Å². The third-order valence-electron chi connectivity index (χ3n) is 4.56. The third kappa shape index (κ3) is 2.19.